The molecule has 0 aliphatic carbocycles. The van der Waals surface area contributed by atoms with Crippen LogP contribution in [0.5, 0.6) is 0 Å². The Balaban J connectivity index is -0.000000107. The van der Waals surface area contributed by atoms with E-state index in [0.29, 0.717) is 11.8 Å². The molecule has 0 aromatic rings. The van der Waals surface area contributed by atoms with E-state index in [9.17, 15) is 10.2 Å². The predicted octanol–water partition coefficient (Wildman–Crippen LogP) is -0.375. The molecule has 0 spiro atoms. The van der Waals surface area contributed by atoms with Crippen molar-refractivity contribution in [2.75, 3.05) is 13.2 Å². The van der Waals surface area contributed by atoms with Gasteiger partial charge in [0, 0.05) is 0 Å². The first-order valence-electron chi connectivity index (χ1n) is 3.70. The molecule has 3 heteroatoms. The van der Waals surface area contributed by atoms with Gasteiger partial charge in [0.25, 0.3) is 0 Å². The maximum absolute atomic E-state index is 9.63. The van der Waals surface area contributed by atoms with Crippen molar-refractivity contribution in [1.82, 2.24) is 0 Å². The molecule has 0 atom stereocenters. The van der Waals surface area contributed by atoms with Gasteiger partial charge in [0.2, 0.25) is 0 Å². The van der Waals surface area contributed by atoms with Crippen molar-refractivity contribution in [3.63, 3.8) is 0 Å². The normalized spacial score (nSPS) is 8.73. The van der Waals surface area contributed by atoms with Crippen LogP contribution in [0.2, 0.25) is 0 Å². The van der Waals surface area contributed by atoms with Gasteiger partial charge in [-0.3, -0.25) is 0 Å². The summed E-state index contributed by atoms with van der Waals surface area (Å²) >= 11 is 0. The first-order valence-corrected chi connectivity index (χ1v) is 3.70. The van der Waals surface area contributed by atoms with Gasteiger partial charge in [0.05, 0.1) is 0 Å². The summed E-state index contributed by atoms with van der Waals surface area (Å²) in [6.45, 7) is 7.75. The zero-order valence-electron chi connectivity index (χ0n) is 8.09. The van der Waals surface area contributed by atoms with Gasteiger partial charge in [0.1, 0.15) is 0 Å². The van der Waals surface area contributed by atoms with Crippen LogP contribution in [0.25, 0.3) is 0 Å². The summed E-state index contributed by atoms with van der Waals surface area (Å²) in [4.78, 5) is 0. The van der Waals surface area contributed by atoms with Crippen LogP contribution in [0.3, 0.4) is 0 Å². The van der Waals surface area contributed by atoms with Gasteiger partial charge < -0.3 is 10.2 Å². The second-order valence-electron chi connectivity index (χ2n) is 3.12. The van der Waals surface area contributed by atoms with Gasteiger partial charge in [-0.15, -0.1) is 13.2 Å². The van der Waals surface area contributed by atoms with E-state index in [1.165, 1.54) is 0 Å². The van der Waals surface area contributed by atoms with E-state index >= 15 is 0 Å². The van der Waals surface area contributed by atoms with Crippen molar-refractivity contribution in [2.24, 2.45) is 11.8 Å². The zero-order valence-corrected chi connectivity index (χ0v) is 11.6. The van der Waals surface area contributed by atoms with E-state index < -0.39 is 0 Å². The second kappa shape index (κ2) is 14.0. The summed E-state index contributed by atoms with van der Waals surface area (Å²) in [6.07, 6.45) is 0. The smallest absolute Gasteiger partial charge is 0.854 e. The molecule has 0 radical (unpaired) electrons. The first-order chi connectivity index (χ1) is 4.54. The van der Waals surface area contributed by atoms with Crippen molar-refractivity contribution in [2.45, 2.75) is 27.7 Å². The maximum Gasteiger partial charge on any atom is 2.00 e. The molecule has 0 fully saturated rings. The van der Waals surface area contributed by atoms with Crippen LogP contribution in [0, 0.1) is 11.8 Å². The number of rotatable bonds is 2. The summed E-state index contributed by atoms with van der Waals surface area (Å²) in [5.74, 6) is 0.657. The molecule has 0 aliphatic heterocycles. The molecule has 64 valence electrons. The monoisotopic (exact) mass is 234 g/mol. The molecule has 0 aliphatic rings. The summed E-state index contributed by atoms with van der Waals surface area (Å²) < 4.78 is 0. The number of hydrogen-bond acceptors (Lipinski definition) is 2. The molecule has 0 unspecified atom stereocenters. The minimum atomic E-state index is 0. The van der Waals surface area contributed by atoms with E-state index in [1.54, 1.807) is 0 Å². The molecule has 0 amide bonds. The Bertz CT molecular complexity index is 48.1. The zero-order chi connectivity index (χ0) is 8.57. The second-order valence-corrected chi connectivity index (χ2v) is 3.12. The van der Waals surface area contributed by atoms with Crippen molar-refractivity contribution in [3.05, 3.63) is 0 Å². The summed E-state index contributed by atoms with van der Waals surface area (Å²) in [6, 6.07) is 0. The van der Waals surface area contributed by atoms with Crippen LogP contribution >= 0.6 is 0 Å². The van der Waals surface area contributed by atoms with Gasteiger partial charge in [-0.25, -0.2) is 0 Å². The van der Waals surface area contributed by atoms with Gasteiger partial charge in [-0.05, 0) is 0 Å². The van der Waals surface area contributed by atoms with E-state index in [4.69, 9.17) is 0 Å². The molecule has 2 nitrogen and oxygen atoms in total. The van der Waals surface area contributed by atoms with Crippen LogP contribution in [-0.2, 0) is 0 Å². The number of hydrogen-bond donors (Lipinski definition) is 0. The molecular formula is C8H18O2Sr. The molecule has 0 saturated carbocycles. The van der Waals surface area contributed by atoms with E-state index in [2.05, 4.69) is 0 Å². The van der Waals surface area contributed by atoms with Crippen molar-refractivity contribution in [1.29, 1.82) is 0 Å². The standard InChI is InChI=1S/2C4H9O.Sr/c2*1-4(2)3-5;/h2*4H,3H2,1-2H3;/q2*-1;+2. The summed E-state index contributed by atoms with van der Waals surface area (Å²) in [5.41, 5.74) is 0. The average Bonchev–Trinajstić information content (AvgIpc) is 1.89. The molecule has 11 heavy (non-hydrogen) atoms. The Hall–Kier alpha value is 1.40. The van der Waals surface area contributed by atoms with E-state index in [-0.39, 0.29) is 58.7 Å². The predicted molar refractivity (Wildman–Crippen MR) is 45.2 cm³/mol. The van der Waals surface area contributed by atoms with E-state index in [0.717, 1.165) is 0 Å². The molecule has 0 rings (SSSR count). The Morgan fingerprint density at radius 1 is 0.818 bits per heavy atom. The summed E-state index contributed by atoms with van der Waals surface area (Å²) in [5, 5.41) is 19.3. The van der Waals surface area contributed by atoms with Crippen LogP contribution in [0.4, 0.5) is 0 Å². The SMILES string of the molecule is CC(C)C[O-].CC(C)C[O-].[Sr+2]. The fourth-order valence-corrected chi connectivity index (χ4v) is 0. The Kier molecular flexibility index (Phi) is 23.1. The molecule has 0 aromatic heterocycles. The topological polar surface area (TPSA) is 46.1 Å². The molecular weight excluding hydrogens is 216 g/mol. The van der Waals surface area contributed by atoms with Crippen LogP contribution in [0.15, 0.2) is 0 Å². The van der Waals surface area contributed by atoms with E-state index in [1.807, 2.05) is 27.7 Å². The average molecular weight is 234 g/mol. The van der Waals surface area contributed by atoms with Gasteiger partial charge in [0.15, 0.2) is 0 Å². The minimum Gasteiger partial charge on any atom is -0.854 e. The Morgan fingerprint density at radius 3 is 0.909 bits per heavy atom. The fourth-order valence-electron chi connectivity index (χ4n) is 0. The Labute approximate surface area is 107 Å². The van der Waals surface area contributed by atoms with Crippen LogP contribution < -0.4 is 10.2 Å². The van der Waals surface area contributed by atoms with Crippen molar-refractivity contribution < 1.29 is 10.2 Å². The molecule has 0 bridgehead atoms. The quantitative estimate of drug-likeness (QED) is 0.611. The third-order valence-electron chi connectivity index (χ3n) is 0.667. The van der Waals surface area contributed by atoms with Crippen LogP contribution in [0.1, 0.15) is 27.7 Å². The maximum atomic E-state index is 9.63. The van der Waals surface area contributed by atoms with Gasteiger partial charge in [-0.2, -0.15) is 0 Å². The fraction of sp³-hybridized carbons (Fsp3) is 1.00. The Morgan fingerprint density at radius 2 is 0.909 bits per heavy atom. The van der Waals surface area contributed by atoms with Gasteiger partial charge in [-0.1, -0.05) is 39.5 Å². The van der Waals surface area contributed by atoms with Crippen molar-refractivity contribution >= 4 is 45.5 Å². The minimum absolute atomic E-state index is 0. The molecule has 0 heterocycles. The molecule has 0 saturated heterocycles. The molecule has 0 N–H and O–H groups in total. The largest absolute Gasteiger partial charge is 2.00 e. The molecule has 0 aromatic carbocycles. The third-order valence-corrected chi connectivity index (χ3v) is 0.667. The first kappa shape index (κ1) is 18.2. The van der Waals surface area contributed by atoms with Crippen molar-refractivity contribution in [3.8, 4) is 0 Å². The summed E-state index contributed by atoms with van der Waals surface area (Å²) in [7, 11) is 0. The van der Waals surface area contributed by atoms with Gasteiger partial charge >= 0.3 is 45.5 Å². The third kappa shape index (κ3) is 34.5. The van der Waals surface area contributed by atoms with Crippen LogP contribution in [-0.4, -0.2) is 58.7 Å².